The van der Waals surface area contributed by atoms with Gasteiger partial charge in [0.05, 0.1) is 19.2 Å². The largest absolute Gasteiger partial charge is 0.497 e. The molecule has 1 fully saturated rings. The van der Waals surface area contributed by atoms with Crippen LogP contribution in [0.3, 0.4) is 0 Å². The van der Waals surface area contributed by atoms with E-state index in [9.17, 15) is 9.59 Å². The molecule has 4 rings (SSSR count). The van der Waals surface area contributed by atoms with Crippen molar-refractivity contribution in [3.05, 3.63) is 90.0 Å². The first-order valence-electron chi connectivity index (χ1n) is 12.0. The normalized spacial score (nSPS) is 13.3. The molecular weight excluding hydrogens is 440 g/mol. The summed E-state index contributed by atoms with van der Waals surface area (Å²) in [5, 5.41) is 6.15. The minimum Gasteiger partial charge on any atom is -0.497 e. The van der Waals surface area contributed by atoms with Gasteiger partial charge in [-0.1, -0.05) is 42.5 Å². The first kappa shape index (κ1) is 24.1. The van der Waals surface area contributed by atoms with E-state index in [4.69, 9.17) is 4.74 Å². The molecular formula is C28H32N4O3. The first-order chi connectivity index (χ1) is 17.1. The van der Waals surface area contributed by atoms with Crippen LogP contribution in [0.5, 0.6) is 5.75 Å². The smallest absolute Gasteiger partial charge is 0.253 e. The molecule has 0 bridgehead atoms. The lowest BCUT2D eigenvalue weighted by atomic mass is 10.1. The lowest BCUT2D eigenvalue weighted by Crippen LogP contribution is -2.50. The summed E-state index contributed by atoms with van der Waals surface area (Å²) in [6, 6.07) is 25.3. The summed E-state index contributed by atoms with van der Waals surface area (Å²) in [7, 11) is 1.66. The molecule has 7 nitrogen and oxygen atoms in total. The van der Waals surface area contributed by atoms with E-state index < -0.39 is 0 Å². The number of rotatable bonds is 9. The van der Waals surface area contributed by atoms with E-state index in [2.05, 4.69) is 15.5 Å². The summed E-state index contributed by atoms with van der Waals surface area (Å²) in [5.74, 6) is 0.710. The number of benzene rings is 3. The van der Waals surface area contributed by atoms with Gasteiger partial charge in [0.2, 0.25) is 5.91 Å². The van der Waals surface area contributed by atoms with E-state index in [1.54, 1.807) is 13.2 Å². The Kier molecular flexibility index (Phi) is 8.22. The van der Waals surface area contributed by atoms with E-state index in [1.807, 2.05) is 77.7 Å². The molecule has 0 aliphatic carbocycles. The molecule has 2 N–H and O–H groups in total. The van der Waals surface area contributed by atoms with E-state index in [0.717, 1.165) is 30.9 Å². The molecule has 2 amide bonds. The van der Waals surface area contributed by atoms with Crippen molar-refractivity contribution in [2.75, 3.05) is 56.6 Å². The first-order valence-corrected chi connectivity index (χ1v) is 12.0. The molecule has 35 heavy (non-hydrogen) atoms. The average Bonchev–Trinajstić information content (AvgIpc) is 2.92. The van der Waals surface area contributed by atoms with Crippen molar-refractivity contribution >= 4 is 23.2 Å². The standard InChI is InChI=1S/C28H32N4O3/c1-35-24-13-11-23(12-14-24)31-17-19-32(20-18-31)27(33)21-30-26-10-6-5-9-25(26)28(34)29-16-15-22-7-3-2-4-8-22/h2-14,30H,15-21H2,1H3,(H,29,34). The summed E-state index contributed by atoms with van der Waals surface area (Å²) in [6.45, 7) is 3.57. The third kappa shape index (κ3) is 6.53. The number of piperazine rings is 1. The van der Waals surface area contributed by atoms with Crippen LogP contribution in [-0.4, -0.2) is 63.1 Å². The highest BCUT2D eigenvalue weighted by molar-refractivity contribution is 6.00. The second-order valence-corrected chi connectivity index (χ2v) is 8.46. The molecule has 7 heteroatoms. The van der Waals surface area contributed by atoms with Crippen molar-refractivity contribution in [1.82, 2.24) is 10.2 Å². The zero-order valence-electron chi connectivity index (χ0n) is 20.1. The zero-order valence-corrected chi connectivity index (χ0v) is 20.1. The summed E-state index contributed by atoms with van der Waals surface area (Å²) in [5.41, 5.74) is 3.51. The minimum atomic E-state index is -0.149. The molecule has 0 spiro atoms. The molecule has 1 saturated heterocycles. The third-order valence-corrected chi connectivity index (χ3v) is 6.21. The second kappa shape index (κ2) is 11.9. The van der Waals surface area contributed by atoms with Crippen LogP contribution in [-0.2, 0) is 11.2 Å². The number of hydrogen-bond donors (Lipinski definition) is 2. The number of anilines is 2. The highest BCUT2D eigenvalue weighted by atomic mass is 16.5. The molecule has 0 unspecified atom stereocenters. The zero-order chi connectivity index (χ0) is 24.5. The molecule has 1 aliphatic rings. The van der Waals surface area contributed by atoms with Crippen LogP contribution in [0.25, 0.3) is 0 Å². The average molecular weight is 473 g/mol. The van der Waals surface area contributed by atoms with Crippen molar-refractivity contribution < 1.29 is 14.3 Å². The topological polar surface area (TPSA) is 73.9 Å². The van der Waals surface area contributed by atoms with Crippen molar-refractivity contribution in [3.8, 4) is 5.75 Å². The summed E-state index contributed by atoms with van der Waals surface area (Å²) >= 11 is 0. The fourth-order valence-electron chi connectivity index (χ4n) is 4.19. The van der Waals surface area contributed by atoms with Crippen LogP contribution in [0, 0.1) is 0 Å². The maximum atomic E-state index is 12.8. The predicted octanol–water partition coefficient (Wildman–Crippen LogP) is 3.43. The number of methoxy groups -OCH3 is 1. The lowest BCUT2D eigenvalue weighted by molar-refractivity contribution is -0.129. The molecule has 0 radical (unpaired) electrons. The Morgan fingerprint density at radius 1 is 0.857 bits per heavy atom. The van der Waals surface area contributed by atoms with Gasteiger partial charge >= 0.3 is 0 Å². The maximum Gasteiger partial charge on any atom is 0.253 e. The van der Waals surface area contributed by atoms with Gasteiger partial charge in [-0.2, -0.15) is 0 Å². The lowest BCUT2D eigenvalue weighted by Gasteiger charge is -2.36. The Morgan fingerprint density at radius 2 is 1.54 bits per heavy atom. The van der Waals surface area contributed by atoms with E-state index in [-0.39, 0.29) is 18.4 Å². The molecule has 1 heterocycles. The fourth-order valence-corrected chi connectivity index (χ4v) is 4.19. The Labute approximate surface area is 206 Å². The van der Waals surface area contributed by atoms with Crippen LogP contribution >= 0.6 is 0 Å². The number of ether oxygens (including phenoxy) is 1. The Hall–Kier alpha value is -4.00. The van der Waals surface area contributed by atoms with Gasteiger partial charge in [0.25, 0.3) is 5.91 Å². The maximum absolute atomic E-state index is 12.8. The van der Waals surface area contributed by atoms with Crippen LogP contribution in [0.15, 0.2) is 78.9 Å². The van der Waals surface area contributed by atoms with Crippen LogP contribution in [0.1, 0.15) is 15.9 Å². The predicted molar refractivity (Wildman–Crippen MR) is 139 cm³/mol. The van der Waals surface area contributed by atoms with Gasteiger partial charge in [-0.15, -0.1) is 0 Å². The minimum absolute atomic E-state index is 0.0265. The Morgan fingerprint density at radius 3 is 2.26 bits per heavy atom. The monoisotopic (exact) mass is 472 g/mol. The second-order valence-electron chi connectivity index (χ2n) is 8.46. The Bertz CT molecular complexity index is 1110. The molecule has 3 aromatic carbocycles. The van der Waals surface area contributed by atoms with E-state index >= 15 is 0 Å². The number of carbonyl (C=O) groups excluding carboxylic acids is 2. The van der Waals surface area contributed by atoms with Crippen LogP contribution < -0.4 is 20.3 Å². The van der Waals surface area contributed by atoms with Gasteiger partial charge in [-0.05, 0) is 48.4 Å². The fraction of sp³-hybridized carbons (Fsp3) is 0.286. The SMILES string of the molecule is COc1ccc(N2CCN(C(=O)CNc3ccccc3C(=O)NCCc3ccccc3)CC2)cc1. The summed E-state index contributed by atoms with van der Waals surface area (Å²) in [6.07, 6.45) is 0.767. The van der Waals surface area contributed by atoms with Gasteiger partial charge < -0.3 is 25.2 Å². The van der Waals surface area contributed by atoms with E-state index in [0.29, 0.717) is 30.9 Å². The highest BCUT2D eigenvalue weighted by Gasteiger charge is 2.21. The van der Waals surface area contributed by atoms with Gasteiger partial charge in [0.1, 0.15) is 5.75 Å². The molecule has 1 aliphatic heterocycles. The summed E-state index contributed by atoms with van der Waals surface area (Å²) in [4.78, 5) is 29.7. The molecule has 3 aromatic rings. The molecule has 0 saturated carbocycles. The number of amides is 2. The number of hydrogen-bond acceptors (Lipinski definition) is 5. The summed E-state index contributed by atoms with van der Waals surface area (Å²) < 4.78 is 5.23. The molecule has 182 valence electrons. The van der Waals surface area contributed by atoms with Crippen molar-refractivity contribution in [2.24, 2.45) is 0 Å². The molecule has 0 aromatic heterocycles. The number of para-hydroxylation sites is 1. The number of nitrogens with zero attached hydrogens (tertiary/aromatic N) is 2. The number of carbonyl (C=O) groups is 2. The van der Waals surface area contributed by atoms with Crippen LogP contribution in [0.2, 0.25) is 0 Å². The van der Waals surface area contributed by atoms with E-state index in [1.165, 1.54) is 5.56 Å². The van der Waals surface area contributed by atoms with Gasteiger partial charge in [0, 0.05) is 44.1 Å². The van der Waals surface area contributed by atoms with Crippen molar-refractivity contribution in [2.45, 2.75) is 6.42 Å². The van der Waals surface area contributed by atoms with Gasteiger partial charge in [0.15, 0.2) is 0 Å². The van der Waals surface area contributed by atoms with Gasteiger partial charge in [-0.25, -0.2) is 0 Å². The van der Waals surface area contributed by atoms with Gasteiger partial charge in [-0.3, -0.25) is 9.59 Å². The van der Waals surface area contributed by atoms with Crippen molar-refractivity contribution in [1.29, 1.82) is 0 Å². The highest BCUT2D eigenvalue weighted by Crippen LogP contribution is 2.21. The van der Waals surface area contributed by atoms with Crippen molar-refractivity contribution in [3.63, 3.8) is 0 Å². The van der Waals surface area contributed by atoms with Crippen LogP contribution in [0.4, 0.5) is 11.4 Å². The quantitative estimate of drug-likeness (QED) is 0.499. The Balaban J connectivity index is 1.25. The third-order valence-electron chi connectivity index (χ3n) is 6.21. The number of nitrogens with one attached hydrogen (secondary N) is 2. The molecule has 0 atom stereocenters.